The maximum Gasteiger partial charge on any atom is 0.183 e. The van der Waals surface area contributed by atoms with E-state index in [1.54, 1.807) is 0 Å². The highest BCUT2D eigenvalue weighted by Gasteiger charge is 2.09. The molecule has 0 fully saturated rings. The molecular formula is C12H17O2. The second-order valence-corrected chi connectivity index (χ2v) is 2.98. The molecule has 1 aromatic carbocycles. The molecule has 0 N–H and O–H groups in total. The Balaban J connectivity index is 2.71. The fraction of sp³-hybridized carbons (Fsp3) is 0.417. The van der Waals surface area contributed by atoms with Crippen LogP contribution < -0.4 is 0 Å². The molecular weight excluding hydrogens is 176 g/mol. The summed E-state index contributed by atoms with van der Waals surface area (Å²) in [5.41, 5.74) is 2.04. The molecule has 0 aliphatic carbocycles. The average molecular weight is 193 g/mol. The van der Waals surface area contributed by atoms with E-state index in [1.165, 1.54) is 0 Å². The van der Waals surface area contributed by atoms with Crippen LogP contribution in [0.3, 0.4) is 0 Å². The van der Waals surface area contributed by atoms with Gasteiger partial charge in [-0.3, -0.25) is 0 Å². The van der Waals surface area contributed by atoms with Crippen molar-refractivity contribution in [1.82, 2.24) is 0 Å². The van der Waals surface area contributed by atoms with Gasteiger partial charge in [0.1, 0.15) is 0 Å². The van der Waals surface area contributed by atoms with Gasteiger partial charge in [-0.15, -0.1) is 0 Å². The van der Waals surface area contributed by atoms with E-state index in [-0.39, 0.29) is 6.29 Å². The number of hydrogen-bond acceptors (Lipinski definition) is 2. The van der Waals surface area contributed by atoms with Crippen molar-refractivity contribution < 1.29 is 9.47 Å². The summed E-state index contributed by atoms with van der Waals surface area (Å²) in [7, 11) is 0. The van der Waals surface area contributed by atoms with Crippen LogP contribution in [-0.4, -0.2) is 13.2 Å². The topological polar surface area (TPSA) is 18.5 Å². The molecule has 2 heteroatoms. The van der Waals surface area contributed by atoms with Gasteiger partial charge in [-0.05, 0) is 26.3 Å². The monoisotopic (exact) mass is 193 g/mol. The first kappa shape index (κ1) is 11.2. The average Bonchev–Trinajstić information content (AvgIpc) is 2.19. The molecule has 0 spiro atoms. The van der Waals surface area contributed by atoms with Gasteiger partial charge in [0.25, 0.3) is 0 Å². The largest absolute Gasteiger partial charge is 0.349 e. The number of benzene rings is 1. The van der Waals surface area contributed by atoms with E-state index in [0.29, 0.717) is 13.2 Å². The van der Waals surface area contributed by atoms with E-state index in [0.717, 1.165) is 11.1 Å². The molecule has 0 atom stereocenters. The first-order chi connectivity index (χ1) is 6.77. The minimum atomic E-state index is -0.245. The van der Waals surface area contributed by atoms with Gasteiger partial charge in [0, 0.05) is 18.8 Å². The lowest BCUT2D eigenvalue weighted by Crippen LogP contribution is -2.08. The first-order valence-corrected chi connectivity index (χ1v) is 4.93. The molecule has 0 heterocycles. The van der Waals surface area contributed by atoms with Gasteiger partial charge >= 0.3 is 0 Å². The fourth-order valence-corrected chi connectivity index (χ4v) is 1.22. The Labute approximate surface area is 85.8 Å². The number of hydrogen-bond donors (Lipinski definition) is 0. The van der Waals surface area contributed by atoms with Gasteiger partial charge in [-0.25, -0.2) is 0 Å². The van der Waals surface area contributed by atoms with Crippen LogP contribution >= 0.6 is 0 Å². The molecule has 0 amide bonds. The highest BCUT2D eigenvalue weighted by Crippen LogP contribution is 2.18. The summed E-state index contributed by atoms with van der Waals surface area (Å²) >= 11 is 0. The summed E-state index contributed by atoms with van der Waals surface area (Å²) in [6.45, 7) is 9.05. The van der Waals surface area contributed by atoms with Crippen LogP contribution in [0.2, 0.25) is 0 Å². The zero-order valence-corrected chi connectivity index (χ0v) is 8.82. The normalized spacial score (nSPS) is 10.9. The second-order valence-electron chi connectivity index (χ2n) is 2.98. The minimum absolute atomic E-state index is 0.245. The van der Waals surface area contributed by atoms with Crippen LogP contribution in [0.25, 0.3) is 0 Å². The predicted molar refractivity (Wildman–Crippen MR) is 56.9 cm³/mol. The Morgan fingerprint density at radius 1 is 1.07 bits per heavy atom. The van der Waals surface area contributed by atoms with Crippen molar-refractivity contribution in [1.29, 1.82) is 0 Å². The van der Waals surface area contributed by atoms with E-state index in [9.17, 15) is 0 Å². The standard InChI is InChI=1S/C12H17O2/c1-4-13-12(14-5-2)11-8-6-10(3)7-9-11/h6-9,12H,3-5H2,1-2H3. The molecule has 2 nitrogen and oxygen atoms in total. The molecule has 1 radical (unpaired) electrons. The fourth-order valence-electron chi connectivity index (χ4n) is 1.22. The zero-order chi connectivity index (χ0) is 10.4. The Hall–Kier alpha value is -0.860. The van der Waals surface area contributed by atoms with Crippen LogP contribution in [0.1, 0.15) is 31.3 Å². The molecule has 1 aromatic rings. The molecule has 0 saturated heterocycles. The van der Waals surface area contributed by atoms with Gasteiger partial charge in [0.15, 0.2) is 6.29 Å². The highest BCUT2D eigenvalue weighted by atomic mass is 16.7. The summed E-state index contributed by atoms with van der Waals surface area (Å²) in [5, 5.41) is 0. The molecule has 0 unspecified atom stereocenters. The highest BCUT2D eigenvalue weighted by molar-refractivity contribution is 5.24. The summed E-state index contributed by atoms with van der Waals surface area (Å²) in [6, 6.07) is 7.89. The van der Waals surface area contributed by atoms with E-state index < -0.39 is 0 Å². The lowest BCUT2D eigenvalue weighted by atomic mass is 10.1. The van der Waals surface area contributed by atoms with E-state index in [2.05, 4.69) is 6.92 Å². The van der Waals surface area contributed by atoms with Gasteiger partial charge in [-0.2, -0.15) is 0 Å². The third kappa shape index (κ3) is 3.13. The van der Waals surface area contributed by atoms with Gasteiger partial charge in [-0.1, -0.05) is 24.3 Å². The van der Waals surface area contributed by atoms with Crippen LogP contribution in [0, 0.1) is 6.92 Å². The van der Waals surface area contributed by atoms with Crippen molar-refractivity contribution in [2.45, 2.75) is 20.1 Å². The van der Waals surface area contributed by atoms with Crippen molar-refractivity contribution in [2.24, 2.45) is 0 Å². The summed E-state index contributed by atoms with van der Waals surface area (Å²) in [6.07, 6.45) is -0.245. The van der Waals surface area contributed by atoms with E-state index in [4.69, 9.17) is 9.47 Å². The minimum Gasteiger partial charge on any atom is -0.349 e. The number of ether oxygens (including phenoxy) is 2. The molecule has 0 aliphatic rings. The van der Waals surface area contributed by atoms with Gasteiger partial charge in [0.05, 0.1) is 0 Å². The predicted octanol–water partition coefficient (Wildman–Crippen LogP) is 2.94. The van der Waals surface area contributed by atoms with Crippen LogP contribution in [0.15, 0.2) is 24.3 Å². The molecule has 0 bridgehead atoms. The summed E-state index contributed by atoms with van der Waals surface area (Å²) < 4.78 is 10.9. The van der Waals surface area contributed by atoms with Crippen LogP contribution in [-0.2, 0) is 9.47 Å². The lowest BCUT2D eigenvalue weighted by Gasteiger charge is -2.17. The summed E-state index contributed by atoms with van der Waals surface area (Å²) in [4.78, 5) is 0. The molecule has 1 rings (SSSR count). The maximum absolute atomic E-state index is 5.47. The maximum atomic E-state index is 5.47. The van der Waals surface area contributed by atoms with Crippen LogP contribution in [0.4, 0.5) is 0 Å². The van der Waals surface area contributed by atoms with E-state index >= 15 is 0 Å². The SMILES string of the molecule is [CH2]c1ccc(C(OCC)OCC)cc1. The Morgan fingerprint density at radius 2 is 1.57 bits per heavy atom. The smallest absolute Gasteiger partial charge is 0.183 e. The first-order valence-electron chi connectivity index (χ1n) is 4.93. The van der Waals surface area contributed by atoms with Gasteiger partial charge < -0.3 is 9.47 Å². The molecule has 0 saturated carbocycles. The van der Waals surface area contributed by atoms with Crippen molar-refractivity contribution in [3.63, 3.8) is 0 Å². The Kier molecular flexibility index (Phi) is 4.63. The Morgan fingerprint density at radius 3 is 2.00 bits per heavy atom. The van der Waals surface area contributed by atoms with Crippen molar-refractivity contribution in [2.75, 3.05) is 13.2 Å². The summed E-state index contributed by atoms with van der Waals surface area (Å²) in [5.74, 6) is 0. The quantitative estimate of drug-likeness (QED) is 0.669. The van der Waals surface area contributed by atoms with Crippen molar-refractivity contribution in [3.05, 3.63) is 42.3 Å². The molecule has 0 aliphatic heterocycles. The third-order valence-electron chi connectivity index (χ3n) is 1.89. The van der Waals surface area contributed by atoms with Gasteiger partial charge in [0.2, 0.25) is 0 Å². The molecule has 14 heavy (non-hydrogen) atoms. The van der Waals surface area contributed by atoms with Crippen molar-refractivity contribution >= 4 is 0 Å². The molecule has 77 valence electrons. The Bertz CT molecular complexity index is 248. The third-order valence-corrected chi connectivity index (χ3v) is 1.89. The lowest BCUT2D eigenvalue weighted by molar-refractivity contribution is -0.140. The number of rotatable bonds is 5. The van der Waals surface area contributed by atoms with Crippen LogP contribution in [0.5, 0.6) is 0 Å². The zero-order valence-electron chi connectivity index (χ0n) is 8.82. The molecule has 0 aromatic heterocycles. The van der Waals surface area contributed by atoms with Crippen molar-refractivity contribution in [3.8, 4) is 0 Å². The second kappa shape index (κ2) is 5.78. The van der Waals surface area contributed by atoms with E-state index in [1.807, 2.05) is 38.1 Å².